The zero-order valence-corrected chi connectivity index (χ0v) is 11.6. The fourth-order valence-corrected chi connectivity index (χ4v) is 3.44. The van der Waals surface area contributed by atoms with Crippen molar-refractivity contribution in [2.75, 3.05) is 6.54 Å². The van der Waals surface area contributed by atoms with E-state index in [9.17, 15) is 4.79 Å². The third-order valence-corrected chi connectivity index (χ3v) is 4.63. The molecule has 100 valence electrons. The molecule has 3 N–H and O–H groups in total. The van der Waals surface area contributed by atoms with Gasteiger partial charge >= 0.3 is 0 Å². The Morgan fingerprint density at radius 1 is 1.39 bits per heavy atom. The second-order valence-corrected chi connectivity index (χ2v) is 6.13. The van der Waals surface area contributed by atoms with E-state index < -0.39 is 0 Å². The topological polar surface area (TPSA) is 55.1 Å². The van der Waals surface area contributed by atoms with Crippen molar-refractivity contribution >= 4 is 17.2 Å². The first kappa shape index (κ1) is 13.6. The smallest absolute Gasteiger partial charge is 0.249 e. The standard InChI is InChI=1S/C14H22N2OS/c15-14(17)12-8-13(18-10-12)9-16-7-6-11-4-2-1-3-5-11/h8,10-11,16H,1-7,9H2,(H2,15,17). The number of nitrogens with two attached hydrogens (primary N) is 1. The van der Waals surface area contributed by atoms with E-state index in [1.54, 1.807) is 11.3 Å². The minimum absolute atomic E-state index is 0.334. The van der Waals surface area contributed by atoms with Crippen LogP contribution in [0.25, 0.3) is 0 Å². The molecule has 4 heteroatoms. The predicted octanol–water partition coefficient (Wildman–Crippen LogP) is 2.91. The van der Waals surface area contributed by atoms with Crippen LogP contribution in [0.2, 0.25) is 0 Å². The lowest BCUT2D eigenvalue weighted by atomic mass is 9.87. The lowest BCUT2D eigenvalue weighted by Gasteiger charge is -2.21. The Labute approximate surface area is 113 Å². The molecule has 0 radical (unpaired) electrons. The van der Waals surface area contributed by atoms with Gasteiger partial charge in [-0.25, -0.2) is 0 Å². The number of hydrogen-bond donors (Lipinski definition) is 2. The molecule has 1 aliphatic rings. The van der Waals surface area contributed by atoms with Crippen LogP contribution in [0, 0.1) is 5.92 Å². The molecule has 0 bridgehead atoms. The van der Waals surface area contributed by atoms with E-state index in [1.165, 1.54) is 43.4 Å². The van der Waals surface area contributed by atoms with Crippen LogP contribution in [0.3, 0.4) is 0 Å². The number of carbonyl (C=O) groups excluding carboxylic acids is 1. The molecule has 0 atom stereocenters. The van der Waals surface area contributed by atoms with Crippen LogP contribution in [0.15, 0.2) is 11.4 Å². The summed E-state index contributed by atoms with van der Waals surface area (Å²) in [6, 6.07) is 1.89. The highest BCUT2D eigenvalue weighted by Crippen LogP contribution is 2.25. The first-order chi connectivity index (χ1) is 8.75. The number of hydrogen-bond acceptors (Lipinski definition) is 3. The van der Waals surface area contributed by atoms with Crippen LogP contribution in [0.1, 0.15) is 53.8 Å². The second-order valence-electron chi connectivity index (χ2n) is 5.14. The maximum atomic E-state index is 11.0. The van der Waals surface area contributed by atoms with Gasteiger partial charge in [0.2, 0.25) is 5.91 Å². The summed E-state index contributed by atoms with van der Waals surface area (Å²) >= 11 is 1.60. The number of primary amides is 1. The van der Waals surface area contributed by atoms with Crippen molar-refractivity contribution in [3.8, 4) is 0 Å². The molecule has 0 aromatic carbocycles. The van der Waals surface area contributed by atoms with Crippen LogP contribution < -0.4 is 11.1 Å². The average molecular weight is 266 g/mol. The zero-order chi connectivity index (χ0) is 12.8. The van der Waals surface area contributed by atoms with Crippen LogP contribution in [-0.4, -0.2) is 12.5 Å². The normalized spacial score (nSPS) is 16.9. The van der Waals surface area contributed by atoms with Crippen LogP contribution in [0.5, 0.6) is 0 Å². The Morgan fingerprint density at radius 3 is 2.83 bits per heavy atom. The minimum atomic E-state index is -0.334. The Kier molecular flexibility index (Phi) is 5.20. The van der Waals surface area contributed by atoms with E-state index in [0.29, 0.717) is 5.56 Å². The van der Waals surface area contributed by atoms with Crippen molar-refractivity contribution in [3.05, 3.63) is 21.9 Å². The molecule has 0 aliphatic heterocycles. The van der Waals surface area contributed by atoms with Crippen molar-refractivity contribution in [3.63, 3.8) is 0 Å². The van der Waals surface area contributed by atoms with Gasteiger partial charge in [0, 0.05) is 16.8 Å². The van der Waals surface area contributed by atoms with Crippen LogP contribution >= 0.6 is 11.3 Å². The van der Waals surface area contributed by atoms with Gasteiger partial charge < -0.3 is 11.1 Å². The summed E-state index contributed by atoms with van der Waals surface area (Å²) < 4.78 is 0. The lowest BCUT2D eigenvalue weighted by Crippen LogP contribution is -2.18. The number of amides is 1. The predicted molar refractivity (Wildman–Crippen MR) is 75.7 cm³/mol. The lowest BCUT2D eigenvalue weighted by molar-refractivity contribution is 0.100. The molecule has 1 amide bonds. The maximum absolute atomic E-state index is 11.0. The number of nitrogens with one attached hydrogen (secondary N) is 1. The quantitative estimate of drug-likeness (QED) is 0.778. The molecule has 1 aliphatic carbocycles. The maximum Gasteiger partial charge on any atom is 0.249 e. The molecule has 1 aromatic rings. The summed E-state index contributed by atoms with van der Waals surface area (Å²) in [7, 11) is 0. The Bertz CT molecular complexity index is 383. The van der Waals surface area contributed by atoms with Crippen molar-refractivity contribution in [1.29, 1.82) is 0 Å². The highest BCUT2D eigenvalue weighted by molar-refractivity contribution is 7.10. The number of rotatable bonds is 6. The van der Waals surface area contributed by atoms with Crippen LogP contribution in [0.4, 0.5) is 0 Å². The number of thiophene rings is 1. The molecular formula is C14H22N2OS. The van der Waals surface area contributed by atoms with E-state index in [4.69, 9.17) is 5.73 Å². The molecular weight excluding hydrogens is 244 g/mol. The van der Waals surface area contributed by atoms with Gasteiger partial charge in [0.05, 0.1) is 5.56 Å². The molecule has 2 rings (SSSR count). The van der Waals surface area contributed by atoms with Gasteiger partial charge in [-0.2, -0.15) is 0 Å². The van der Waals surface area contributed by atoms with E-state index >= 15 is 0 Å². The monoisotopic (exact) mass is 266 g/mol. The van der Waals surface area contributed by atoms with Crippen molar-refractivity contribution in [1.82, 2.24) is 5.32 Å². The molecule has 1 aromatic heterocycles. The van der Waals surface area contributed by atoms with E-state index in [2.05, 4.69) is 5.32 Å². The largest absolute Gasteiger partial charge is 0.366 e. The fraction of sp³-hybridized carbons (Fsp3) is 0.643. The third kappa shape index (κ3) is 4.10. The van der Waals surface area contributed by atoms with E-state index in [0.717, 1.165) is 19.0 Å². The van der Waals surface area contributed by atoms with Gasteiger partial charge in [0.25, 0.3) is 0 Å². The number of carbonyl (C=O) groups is 1. The molecule has 18 heavy (non-hydrogen) atoms. The van der Waals surface area contributed by atoms with E-state index in [1.807, 2.05) is 11.4 Å². The summed E-state index contributed by atoms with van der Waals surface area (Å²) in [5.74, 6) is 0.593. The molecule has 1 saturated carbocycles. The van der Waals surface area contributed by atoms with Gasteiger partial charge in [-0.05, 0) is 24.9 Å². The summed E-state index contributed by atoms with van der Waals surface area (Å²) in [5, 5.41) is 5.29. The summed E-state index contributed by atoms with van der Waals surface area (Å²) in [5.41, 5.74) is 5.86. The second kappa shape index (κ2) is 6.90. The summed E-state index contributed by atoms with van der Waals surface area (Å²) in [4.78, 5) is 12.1. The Balaban J connectivity index is 1.63. The summed E-state index contributed by atoms with van der Waals surface area (Å²) in [6.07, 6.45) is 8.36. The van der Waals surface area contributed by atoms with Crippen molar-refractivity contribution in [2.24, 2.45) is 11.7 Å². The molecule has 3 nitrogen and oxygen atoms in total. The van der Waals surface area contributed by atoms with Crippen LogP contribution in [-0.2, 0) is 6.54 Å². The highest BCUT2D eigenvalue weighted by atomic mass is 32.1. The van der Waals surface area contributed by atoms with Crippen molar-refractivity contribution in [2.45, 2.75) is 45.1 Å². The molecule has 0 saturated heterocycles. The fourth-order valence-electron chi connectivity index (χ4n) is 2.60. The minimum Gasteiger partial charge on any atom is -0.366 e. The Morgan fingerprint density at radius 2 is 2.17 bits per heavy atom. The Hall–Kier alpha value is -0.870. The third-order valence-electron chi connectivity index (χ3n) is 3.69. The first-order valence-electron chi connectivity index (χ1n) is 6.83. The molecule has 1 heterocycles. The molecule has 1 fully saturated rings. The first-order valence-corrected chi connectivity index (χ1v) is 7.71. The highest BCUT2D eigenvalue weighted by Gasteiger charge is 2.12. The SMILES string of the molecule is NC(=O)c1csc(CNCCC2CCCCC2)c1. The van der Waals surface area contributed by atoms with Gasteiger partial charge in [0.15, 0.2) is 0 Å². The van der Waals surface area contributed by atoms with Gasteiger partial charge in [-0.1, -0.05) is 32.1 Å². The summed E-state index contributed by atoms with van der Waals surface area (Å²) in [6.45, 7) is 1.93. The zero-order valence-electron chi connectivity index (χ0n) is 10.8. The average Bonchev–Trinajstić information content (AvgIpc) is 2.85. The molecule has 0 spiro atoms. The van der Waals surface area contributed by atoms with Gasteiger partial charge in [-0.15, -0.1) is 11.3 Å². The molecule has 0 unspecified atom stereocenters. The van der Waals surface area contributed by atoms with Crippen molar-refractivity contribution < 1.29 is 4.79 Å². The van der Waals surface area contributed by atoms with E-state index in [-0.39, 0.29) is 5.91 Å². The van der Waals surface area contributed by atoms with Gasteiger partial charge in [0.1, 0.15) is 0 Å². The van der Waals surface area contributed by atoms with Gasteiger partial charge in [-0.3, -0.25) is 4.79 Å².